The number of halogens is 1. The quantitative estimate of drug-likeness (QED) is 0.709. The van der Waals surface area contributed by atoms with E-state index in [4.69, 9.17) is 11.6 Å². The number of pyridine rings is 1. The number of hydrogen-bond acceptors (Lipinski definition) is 4. The number of carbonyl (C=O) groups is 1. The van der Waals surface area contributed by atoms with Crippen LogP contribution in [0, 0.1) is 5.41 Å². The molecule has 8 heteroatoms. The van der Waals surface area contributed by atoms with E-state index in [1.165, 1.54) is 6.42 Å². The Bertz CT molecular complexity index is 1060. The molecule has 1 amide bonds. The molecular weight excluding hydrogens is 376 g/mol. The normalized spacial score (nSPS) is 17.6. The van der Waals surface area contributed by atoms with Crippen LogP contribution in [0.2, 0.25) is 5.02 Å². The first-order valence-corrected chi connectivity index (χ1v) is 9.80. The summed E-state index contributed by atoms with van der Waals surface area (Å²) in [6.45, 7) is 1.63. The lowest BCUT2D eigenvalue weighted by Gasteiger charge is -2.41. The minimum Gasteiger partial charge on any atom is -0.350 e. The molecule has 4 heterocycles. The third kappa shape index (κ3) is 2.86. The molecule has 0 unspecified atom stereocenters. The fraction of sp³-hybridized carbons (Fsp3) is 0.350. The van der Waals surface area contributed by atoms with Gasteiger partial charge in [0.1, 0.15) is 17.3 Å². The first kappa shape index (κ1) is 17.3. The van der Waals surface area contributed by atoms with Gasteiger partial charge in [-0.05, 0) is 25.0 Å². The van der Waals surface area contributed by atoms with Crippen molar-refractivity contribution < 1.29 is 4.79 Å². The van der Waals surface area contributed by atoms with Gasteiger partial charge < -0.3 is 15.2 Å². The second-order valence-electron chi connectivity index (χ2n) is 7.79. The Kier molecular flexibility index (Phi) is 3.94. The Morgan fingerprint density at radius 1 is 1.32 bits per heavy atom. The maximum Gasteiger partial charge on any atom is 0.267 e. The number of fused-ring (bicyclic) bond motifs is 1. The number of carbonyl (C=O) groups excluding carboxylic acids is 1. The van der Waals surface area contributed by atoms with Gasteiger partial charge in [0.25, 0.3) is 5.91 Å². The van der Waals surface area contributed by atoms with E-state index in [1.807, 2.05) is 31.4 Å². The molecule has 0 aromatic carbocycles. The zero-order chi connectivity index (χ0) is 19.3. The topological polar surface area (TPSA) is 76.8 Å². The van der Waals surface area contributed by atoms with Crippen molar-refractivity contribution in [1.82, 2.24) is 24.6 Å². The Morgan fingerprint density at radius 2 is 2.18 bits per heavy atom. The molecule has 5 rings (SSSR count). The number of amides is 1. The maximum absolute atomic E-state index is 12.6. The summed E-state index contributed by atoms with van der Waals surface area (Å²) in [5.74, 6) is 1.48. The summed E-state index contributed by atoms with van der Waals surface area (Å²) in [4.78, 5) is 16.9. The smallest absolute Gasteiger partial charge is 0.267 e. The van der Waals surface area contributed by atoms with Gasteiger partial charge in [-0.15, -0.1) is 0 Å². The summed E-state index contributed by atoms with van der Waals surface area (Å²) in [6.07, 6.45) is 8.95. The number of nitrogens with zero attached hydrogens (tertiary/aromatic N) is 4. The molecular formula is C20H21ClN6O. The predicted octanol–water partition coefficient (Wildman–Crippen LogP) is 3.59. The van der Waals surface area contributed by atoms with E-state index in [0.717, 1.165) is 42.9 Å². The number of hydrogen-bond donors (Lipinski definition) is 2. The largest absolute Gasteiger partial charge is 0.350 e. The maximum atomic E-state index is 12.6. The van der Waals surface area contributed by atoms with Gasteiger partial charge in [-0.3, -0.25) is 9.48 Å². The van der Waals surface area contributed by atoms with Crippen molar-refractivity contribution in [3.63, 3.8) is 0 Å². The van der Waals surface area contributed by atoms with Crippen molar-refractivity contribution in [2.45, 2.75) is 25.8 Å². The molecule has 1 aliphatic carbocycles. The van der Waals surface area contributed by atoms with Crippen molar-refractivity contribution in [2.75, 3.05) is 11.9 Å². The van der Waals surface area contributed by atoms with Gasteiger partial charge in [0, 0.05) is 55.1 Å². The minimum atomic E-state index is -0.0200. The average molecular weight is 397 g/mol. The summed E-state index contributed by atoms with van der Waals surface area (Å²) < 4.78 is 3.82. The summed E-state index contributed by atoms with van der Waals surface area (Å²) in [7, 11) is 1.86. The predicted molar refractivity (Wildman–Crippen MR) is 108 cm³/mol. The van der Waals surface area contributed by atoms with Crippen LogP contribution in [0.15, 0.2) is 36.8 Å². The molecule has 3 aromatic rings. The highest BCUT2D eigenvalue weighted by atomic mass is 35.5. The lowest BCUT2D eigenvalue weighted by atomic mass is 9.68. The third-order valence-corrected chi connectivity index (χ3v) is 6.22. The van der Waals surface area contributed by atoms with Crippen LogP contribution >= 0.6 is 11.6 Å². The molecule has 1 spiro atoms. The Labute approximate surface area is 167 Å². The second-order valence-corrected chi connectivity index (χ2v) is 8.20. The van der Waals surface area contributed by atoms with Crippen molar-refractivity contribution in [2.24, 2.45) is 12.5 Å². The van der Waals surface area contributed by atoms with E-state index in [0.29, 0.717) is 16.5 Å². The van der Waals surface area contributed by atoms with Crippen LogP contribution in [0.4, 0.5) is 11.6 Å². The molecule has 7 nitrogen and oxygen atoms in total. The van der Waals surface area contributed by atoms with Crippen molar-refractivity contribution >= 4 is 29.1 Å². The highest BCUT2D eigenvalue weighted by Crippen LogP contribution is 2.44. The summed E-state index contributed by atoms with van der Waals surface area (Å²) in [5.41, 5.74) is 2.65. The Hall–Kier alpha value is -2.80. The minimum absolute atomic E-state index is 0.0200. The van der Waals surface area contributed by atoms with Gasteiger partial charge in [-0.2, -0.15) is 5.10 Å². The van der Waals surface area contributed by atoms with Crippen LogP contribution in [0.3, 0.4) is 0 Å². The second kappa shape index (κ2) is 6.38. The number of aryl methyl sites for hydroxylation is 1. The van der Waals surface area contributed by atoms with E-state index in [9.17, 15) is 4.79 Å². The van der Waals surface area contributed by atoms with Crippen LogP contribution in [0.1, 0.15) is 29.8 Å². The van der Waals surface area contributed by atoms with Crippen molar-refractivity contribution in [3.8, 4) is 11.1 Å². The SMILES string of the molecule is Cn1nccc1Nc1cc(-c2cc3n(c2)CC2(CCC2)CNC3=O)c(Cl)cn1. The van der Waals surface area contributed by atoms with Crippen LogP contribution in [-0.4, -0.2) is 31.8 Å². The number of anilines is 2. The molecule has 2 aliphatic rings. The molecule has 0 radical (unpaired) electrons. The van der Waals surface area contributed by atoms with E-state index in [1.54, 1.807) is 17.1 Å². The van der Waals surface area contributed by atoms with E-state index < -0.39 is 0 Å². The fourth-order valence-corrected chi connectivity index (χ4v) is 4.33. The number of nitrogens with one attached hydrogen (secondary N) is 2. The lowest BCUT2D eigenvalue weighted by Crippen LogP contribution is -2.41. The first-order chi connectivity index (χ1) is 13.5. The van der Waals surface area contributed by atoms with Crippen molar-refractivity contribution in [1.29, 1.82) is 0 Å². The number of aromatic nitrogens is 4. The molecule has 144 valence electrons. The van der Waals surface area contributed by atoms with E-state index in [2.05, 4.69) is 25.3 Å². The van der Waals surface area contributed by atoms with Gasteiger partial charge in [0.05, 0.1) is 11.2 Å². The van der Waals surface area contributed by atoms with Crippen LogP contribution in [0.5, 0.6) is 0 Å². The summed E-state index contributed by atoms with van der Waals surface area (Å²) in [6, 6.07) is 5.70. The Balaban J connectivity index is 1.50. The molecule has 1 saturated carbocycles. The highest BCUT2D eigenvalue weighted by Gasteiger charge is 2.40. The zero-order valence-electron chi connectivity index (χ0n) is 15.6. The molecule has 28 heavy (non-hydrogen) atoms. The van der Waals surface area contributed by atoms with Gasteiger partial charge in [-0.1, -0.05) is 18.0 Å². The molecule has 2 N–H and O–H groups in total. The zero-order valence-corrected chi connectivity index (χ0v) is 16.3. The van der Waals surface area contributed by atoms with Gasteiger partial charge in [0.15, 0.2) is 0 Å². The van der Waals surface area contributed by atoms with Gasteiger partial charge >= 0.3 is 0 Å². The van der Waals surface area contributed by atoms with Gasteiger partial charge in [-0.25, -0.2) is 4.98 Å². The summed E-state index contributed by atoms with van der Waals surface area (Å²) in [5, 5.41) is 11.0. The third-order valence-electron chi connectivity index (χ3n) is 5.92. The fourth-order valence-electron chi connectivity index (χ4n) is 4.12. The average Bonchev–Trinajstić information content (AvgIpc) is 3.21. The molecule has 1 aliphatic heterocycles. The van der Waals surface area contributed by atoms with Crippen LogP contribution < -0.4 is 10.6 Å². The number of rotatable bonds is 3. The molecule has 3 aromatic heterocycles. The first-order valence-electron chi connectivity index (χ1n) is 9.42. The van der Waals surface area contributed by atoms with Crippen LogP contribution in [0.25, 0.3) is 11.1 Å². The van der Waals surface area contributed by atoms with Gasteiger partial charge in [0.2, 0.25) is 0 Å². The molecule has 0 atom stereocenters. The molecule has 0 bridgehead atoms. The van der Waals surface area contributed by atoms with Crippen molar-refractivity contribution in [3.05, 3.63) is 47.5 Å². The monoisotopic (exact) mass is 396 g/mol. The molecule has 0 saturated heterocycles. The summed E-state index contributed by atoms with van der Waals surface area (Å²) >= 11 is 6.45. The lowest BCUT2D eigenvalue weighted by molar-refractivity contribution is 0.0877. The van der Waals surface area contributed by atoms with E-state index in [-0.39, 0.29) is 11.3 Å². The highest BCUT2D eigenvalue weighted by molar-refractivity contribution is 6.33. The van der Waals surface area contributed by atoms with Crippen LogP contribution in [-0.2, 0) is 13.6 Å². The van der Waals surface area contributed by atoms with E-state index >= 15 is 0 Å². The standard InChI is InChI=1S/C20H21ClN6O/c1-26-18(3-6-24-26)25-17-8-14(15(21)9-22-17)13-7-16-19(28)23-11-20(4-2-5-20)12-27(16)10-13/h3,6-10H,2,4-5,11-12H2,1H3,(H,22,25)(H,23,28). The Morgan fingerprint density at radius 3 is 2.89 bits per heavy atom. The molecule has 1 fully saturated rings.